The maximum Gasteiger partial charge on any atom is 0.0643 e. The van der Waals surface area contributed by atoms with Crippen LogP contribution in [0.15, 0.2) is 0 Å². The molecular weight excluding hydrogens is 186 g/mol. The molecule has 0 aromatic heterocycles. The highest BCUT2D eigenvalue weighted by Gasteiger charge is 2.41. The maximum atomic E-state index is 6.29. The van der Waals surface area contributed by atoms with Crippen LogP contribution < -0.4 is 5.73 Å². The van der Waals surface area contributed by atoms with Crippen LogP contribution >= 0.6 is 0 Å². The first-order chi connectivity index (χ1) is 7.11. The Morgan fingerprint density at radius 2 is 2.13 bits per heavy atom. The number of hydrogen-bond acceptors (Lipinski definition) is 2. The topological polar surface area (TPSA) is 35.2 Å². The molecule has 15 heavy (non-hydrogen) atoms. The van der Waals surface area contributed by atoms with Gasteiger partial charge in [-0.05, 0) is 57.3 Å². The van der Waals surface area contributed by atoms with Crippen molar-refractivity contribution < 1.29 is 4.74 Å². The quantitative estimate of drug-likeness (QED) is 0.758. The predicted octanol–water partition coefficient (Wildman–Crippen LogP) is 2.57. The lowest BCUT2D eigenvalue weighted by atomic mass is 9.80. The van der Waals surface area contributed by atoms with Gasteiger partial charge >= 0.3 is 0 Å². The third kappa shape index (κ3) is 2.73. The van der Waals surface area contributed by atoms with Gasteiger partial charge in [0, 0.05) is 12.1 Å². The molecular formula is C13H25NO. The van der Waals surface area contributed by atoms with E-state index in [-0.39, 0.29) is 5.54 Å². The van der Waals surface area contributed by atoms with Crippen molar-refractivity contribution in [3.05, 3.63) is 0 Å². The predicted molar refractivity (Wildman–Crippen MR) is 62.6 cm³/mol. The normalized spacial score (nSPS) is 38.2. The molecule has 2 rings (SSSR count). The molecule has 2 heteroatoms. The van der Waals surface area contributed by atoms with E-state index in [4.69, 9.17) is 10.5 Å². The largest absolute Gasteiger partial charge is 0.380 e. The van der Waals surface area contributed by atoms with Crippen LogP contribution in [0.25, 0.3) is 0 Å². The maximum absolute atomic E-state index is 6.29. The van der Waals surface area contributed by atoms with Gasteiger partial charge in [-0.15, -0.1) is 0 Å². The van der Waals surface area contributed by atoms with Crippen molar-refractivity contribution in [1.29, 1.82) is 0 Å². The van der Waals surface area contributed by atoms with E-state index in [9.17, 15) is 0 Å². The Morgan fingerprint density at radius 3 is 2.67 bits per heavy atom. The average Bonchev–Trinajstić information content (AvgIpc) is 2.75. The number of fused-ring (bicyclic) bond motifs is 2. The first kappa shape index (κ1) is 11.4. The van der Waals surface area contributed by atoms with Crippen LogP contribution in [0.3, 0.4) is 0 Å². The zero-order chi connectivity index (χ0) is 10.9. The highest BCUT2D eigenvalue weighted by Crippen LogP contribution is 2.50. The molecule has 2 aliphatic carbocycles. The summed E-state index contributed by atoms with van der Waals surface area (Å²) in [6, 6.07) is 0. The molecule has 88 valence electrons. The summed E-state index contributed by atoms with van der Waals surface area (Å²) in [6.45, 7) is 5.68. The zero-order valence-electron chi connectivity index (χ0n) is 10.2. The van der Waals surface area contributed by atoms with Gasteiger partial charge in [0.15, 0.2) is 0 Å². The summed E-state index contributed by atoms with van der Waals surface area (Å²) in [5.74, 6) is 2.90. The Balaban J connectivity index is 1.80. The molecule has 0 amide bonds. The molecule has 2 fully saturated rings. The van der Waals surface area contributed by atoms with Crippen LogP contribution in [0, 0.1) is 17.8 Å². The minimum atomic E-state index is -0.106. The van der Waals surface area contributed by atoms with Crippen LogP contribution in [0.5, 0.6) is 0 Å². The van der Waals surface area contributed by atoms with Crippen molar-refractivity contribution in [2.24, 2.45) is 23.5 Å². The van der Waals surface area contributed by atoms with Crippen molar-refractivity contribution in [2.75, 3.05) is 13.2 Å². The van der Waals surface area contributed by atoms with E-state index < -0.39 is 0 Å². The first-order valence-corrected chi connectivity index (χ1v) is 6.47. The monoisotopic (exact) mass is 211 g/mol. The number of rotatable bonds is 5. The fourth-order valence-electron chi connectivity index (χ4n) is 3.62. The lowest BCUT2D eigenvalue weighted by molar-refractivity contribution is 0.0840. The first-order valence-electron chi connectivity index (χ1n) is 6.47. The molecule has 2 nitrogen and oxygen atoms in total. The third-order valence-electron chi connectivity index (χ3n) is 4.25. The molecule has 2 bridgehead atoms. The molecule has 0 heterocycles. The van der Waals surface area contributed by atoms with Crippen molar-refractivity contribution in [1.82, 2.24) is 0 Å². The minimum absolute atomic E-state index is 0.106. The average molecular weight is 211 g/mol. The molecule has 0 radical (unpaired) electrons. The van der Waals surface area contributed by atoms with Crippen LogP contribution in [0.2, 0.25) is 0 Å². The minimum Gasteiger partial charge on any atom is -0.380 e. The number of hydrogen-bond donors (Lipinski definition) is 1. The molecule has 4 unspecified atom stereocenters. The lowest BCUT2D eigenvalue weighted by Gasteiger charge is -2.31. The summed E-state index contributed by atoms with van der Waals surface area (Å²) < 4.78 is 5.46. The highest BCUT2D eigenvalue weighted by molar-refractivity contribution is 4.94. The Morgan fingerprint density at radius 1 is 1.33 bits per heavy atom. The summed E-state index contributed by atoms with van der Waals surface area (Å²) in [5, 5.41) is 0. The van der Waals surface area contributed by atoms with Crippen molar-refractivity contribution in [2.45, 2.75) is 51.5 Å². The highest BCUT2D eigenvalue weighted by atomic mass is 16.5. The molecule has 0 aliphatic heterocycles. The van der Waals surface area contributed by atoms with Gasteiger partial charge in [0.05, 0.1) is 6.61 Å². The molecule has 0 aromatic carbocycles. The zero-order valence-corrected chi connectivity index (χ0v) is 10.2. The molecule has 2 N–H and O–H groups in total. The Bertz CT molecular complexity index is 215. The summed E-state index contributed by atoms with van der Waals surface area (Å²) in [6.07, 6.45) is 7.01. The van der Waals surface area contributed by atoms with Crippen molar-refractivity contribution >= 4 is 0 Å². The molecule has 2 aliphatic rings. The Labute approximate surface area is 93.6 Å². The van der Waals surface area contributed by atoms with E-state index in [1.165, 1.54) is 25.7 Å². The van der Waals surface area contributed by atoms with Gasteiger partial charge in [-0.3, -0.25) is 0 Å². The van der Waals surface area contributed by atoms with Crippen molar-refractivity contribution in [3.8, 4) is 0 Å². The summed E-state index contributed by atoms with van der Waals surface area (Å²) in [5.41, 5.74) is 6.18. The van der Waals surface area contributed by atoms with E-state index in [0.717, 1.165) is 37.4 Å². The summed E-state index contributed by atoms with van der Waals surface area (Å²) in [7, 11) is 0. The van der Waals surface area contributed by atoms with Crippen molar-refractivity contribution in [3.63, 3.8) is 0 Å². The lowest BCUT2D eigenvalue weighted by Crippen LogP contribution is -2.43. The third-order valence-corrected chi connectivity index (χ3v) is 4.25. The van der Waals surface area contributed by atoms with Gasteiger partial charge in [-0.1, -0.05) is 6.42 Å². The Kier molecular flexibility index (Phi) is 3.36. The molecule has 2 saturated carbocycles. The summed E-state index contributed by atoms with van der Waals surface area (Å²) >= 11 is 0. The van der Waals surface area contributed by atoms with Gasteiger partial charge < -0.3 is 10.5 Å². The standard InChI is InChI=1S/C13H25NO/c1-3-15-9-13(2,14)8-12-7-10-4-5-11(12)6-10/h10-12H,3-9,14H2,1-2H3. The SMILES string of the molecule is CCOCC(C)(N)CC1CC2CCC1C2. The van der Waals surface area contributed by atoms with Crippen LogP contribution in [0.1, 0.15) is 46.0 Å². The van der Waals surface area contributed by atoms with E-state index in [2.05, 4.69) is 6.92 Å². The van der Waals surface area contributed by atoms with E-state index in [1.807, 2.05) is 6.92 Å². The van der Waals surface area contributed by atoms with Gasteiger partial charge in [0.25, 0.3) is 0 Å². The van der Waals surface area contributed by atoms with Gasteiger partial charge in [-0.2, -0.15) is 0 Å². The van der Waals surface area contributed by atoms with E-state index in [0.29, 0.717) is 0 Å². The molecule has 0 aromatic rings. The van der Waals surface area contributed by atoms with Crippen LogP contribution in [0.4, 0.5) is 0 Å². The fraction of sp³-hybridized carbons (Fsp3) is 1.00. The number of nitrogens with two attached hydrogens (primary N) is 1. The van der Waals surface area contributed by atoms with Gasteiger partial charge in [0.1, 0.15) is 0 Å². The van der Waals surface area contributed by atoms with Gasteiger partial charge in [-0.25, -0.2) is 0 Å². The second-order valence-electron chi connectivity index (χ2n) is 5.93. The van der Waals surface area contributed by atoms with Gasteiger partial charge in [0.2, 0.25) is 0 Å². The second kappa shape index (κ2) is 4.42. The molecule has 0 spiro atoms. The molecule has 4 atom stereocenters. The van der Waals surface area contributed by atoms with E-state index >= 15 is 0 Å². The Hall–Kier alpha value is -0.0800. The summed E-state index contributed by atoms with van der Waals surface area (Å²) in [4.78, 5) is 0. The second-order valence-corrected chi connectivity index (χ2v) is 5.93. The number of ether oxygens (including phenoxy) is 1. The smallest absolute Gasteiger partial charge is 0.0643 e. The van der Waals surface area contributed by atoms with Crippen LogP contribution in [-0.4, -0.2) is 18.8 Å². The fourth-order valence-corrected chi connectivity index (χ4v) is 3.62. The molecule has 0 saturated heterocycles. The van der Waals surface area contributed by atoms with Crippen LogP contribution in [-0.2, 0) is 4.74 Å². The van der Waals surface area contributed by atoms with E-state index in [1.54, 1.807) is 0 Å².